The van der Waals surface area contributed by atoms with Gasteiger partial charge in [0.2, 0.25) is 5.76 Å². The molecule has 8 nitrogen and oxygen atoms in total. The Morgan fingerprint density at radius 2 is 2.03 bits per heavy atom. The summed E-state index contributed by atoms with van der Waals surface area (Å²) in [4.78, 5) is 31.4. The van der Waals surface area contributed by atoms with Crippen molar-refractivity contribution in [2.24, 2.45) is 0 Å². The molecule has 10 heteroatoms. The van der Waals surface area contributed by atoms with E-state index < -0.39 is 12.1 Å². The minimum absolute atomic E-state index is 0.00174. The first-order valence-corrected chi connectivity index (χ1v) is 11.1. The number of halogens is 2. The lowest BCUT2D eigenvalue weighted by atomic mass is 9.99. The van der Waals surface area contributed by atoms with Crippen LogP contribution in [0.5, 0.6) is 0 Å². The third-order valence-corrected chi connectivity index (χ3v) is 5.63. The van der Waals surface area contributed by atoms with Gasteiger partial charge in [-0.25, -0.2) is 14.6 Å². The summed E-state index contributed by atoms with van der Waals surface area (Å²) >= 11 is 9.49. The van der Waals surface area contributed by atoms with Gasteiger partial charge in [-0.3, -0.25) is 4.90 Å². The van der Waals surface area contributed by atoms with Gasteiger partial charge in [0.1, 0.15) is 10.8 Å². The Balaban J connectivity index is 2.22. The third kappa shape index (κ3) is 4.58. The van der Waals surface area contributed by atoms with Crippen molar-refractivity contribution >= 4 is 56.3 Å². The molecule has 1 fully saturated rings. The second-order valence-electron chi connectivity index (χ2n) is 6.76. The van der Waals surface area contributed by atoms with Crippen LogP contribution in [0, 0.1) is 0 Å². The summed E-state index contributed by atoms with van der Waals surface area (Å²) in [7, 11) is 0. The van der Waals surface area contributed by atoms with Gasteiger partial charge in [0.25, 0.3) is 0 Å². The number of amides is 1. The van der Waals surface area contributed by atoms with Gasteiger partial charge in [-0.1, -0.05) is 18.5 Å². The van der Waals surface area contributed by atoms with Crippen LogP contribution in [0.25, 0.3) is 11.0 Å². The lowest BCUT2D eigenvalue weighted by Crippen LogP contribution is -2.46. The van der Waals surface area contributed by atoms with Crippen LogP contribution in [0.1, 0.15) is 50.6 Å². The minimum atomic E-state index is -0.680. The Labute approximate surface area is 187 Å². The zero-order valence-corrected chi connectivity index (χ0v) is 19.4. The summed E-state index contributed by atoms with van der Waals surface area (Å²) in [6.07, 6.45) is 1.43. The molecule has 2 aromatic rings. The number of nitrogens with zero attached hydrogens (tertiary/aromatic N) is 2. The average molecular weight is 504 g/mol. The highest BCUT2D eigenvalue weighted by Gasteiger charge is 2.38. The molecule has 0 aliphatic carbocycles. The van der Waals surface area contributed by atoms with Gasteiger partial charge in [-0.05, 0) is 55.1 Å². The number of pyridine rings is 1. The molecule has 0 saturated carbocycles. The molecule has 3 rings (SSSR count). The van der Waals surface area contributed by atoms with Crippen LogP contribution in [-0.4, -0.2) is 49.0 Å². The first-order valence-electron chi connectivity index (χ1n) is 9.94. The molecule has 0 N–H and O–H groups in total. The van der Waals surface area contributed by atoms with Gasteiger partial charge in [0, 0.05) is 12.6 Å². The number of fused-ring (bicyclic) bond motifs is 1. The minimum Gasteiger partial charge on any atom is -0.460 e. The molecule has 2 aromatic heterocycles. The number of esters is 1. The van der Waals surface area contributed by atoms with E-state index in [1.807, 2.05) is 6.92 Å². The van der Waals surface area contributed by atoms with Gasteiger partial charge < -0.3 is 18.6 Å². The van der Waals surface area contributed by atoms with Crippen molar-refractivity contribution in [1.29, 1.82) is 0 Å². The van der Waals surface area contributed by atoms with Crippen LogP contribution in [-0.2, 0) is 14.2 Å². The van der Waals surface area contributed by atoms with Crippen molar-refractivity contribution < 1.29 is 28.2 Å². The Kier molecular flexibility index (Phi) is 7.60. The molecule has 1 saturated heterocycles. The molecule has 30 heavy (non-hydrogen) atoms. The van der Waals surface area contributed by atoms with Gasteiger partial charge in [0.05, 0.1) is 24.7 Å². The van der Waals surface area contributed by atoms with Crippen LogP contribution in [0.2, 0.25) is 5.15 Å². The van der Waals surface area contributed by atoms with Crippen molar-refractivity contribution in [1.82, 2.24) is 4.98 Å². The summed E-state index contributed by atoms with van der Waals surface area (Å²) in [6, 6.07) is 1.31. The van der Waals surface area contributed by atoms with E-state index in [2.05, 4.69) is 20.9 Å². The number of carbonyl (C=O) groups excluding carboxylic acids is 2. The average Bonchev–Trinajstić information content (AvgIpc) is 3.08. The highest BCUT2D eigenvalue weighted by molar-refractivity contribution is 9.10. The molecule has 1 aliphatic heterocycles. The van der Waals surface area contributed by atoms with Crippen LogP contribution in [0.4, 0.5) is 10.5 Å². The molecule has 0 radical (unpaired) electrons. The van der Waals surface area contributed by atoms with Crippen LogP contribution in [0.3, 0.4) is 0 Å². The summed E-state index contributed by atoms with van der Waals surface area (Å²) in [6.45, 7) is 6.29. The highest BCUT2D eigenvalue weighted by atomic mass is 79.9. The van der Waals surface area contributed by atoms with E-state index in [0.29, 0.717) is 35.0 Å². The van der Waals surface area contributed by atoms with E-state index in [1.54, 1.807) is 19.9 Å². The number of anilines is 1. The maximum Gasteiger partial charge on any atom is 0.414 e. The molecule has 1 aliphatic rings. The van der Waals surface area contributed by atoms with Crippen molar-refractivity contribution in [3.63, 3.8) is 0 Å². The van der Waals surface area contributed by atoms with E-state index in [9.17, 15) is 9.59 Å². The quantitative estimate of drug-likeness (QED) is 0.388. The SMILES string of the molecule is CCOC(=O)c1oc2c(Br)nc(Cl)cc2c1N(C(=O)OCC)C1CCOC(CC)C1. The predicted octanol–water partition coefficient (Wildman–Crippen LogP) is 5.34. The maximum atomic E-state index is 13.1. The lowest BCUT2D eigenvalue weighted by molar-refractivity contribution is 0.00465. The third-order valence-electron chi connectivity index (χ3n) is 4.90. The Morgan fingerprint density at radius 1 is 1.30 bits per heavy atom. The number of aromatic nitrogens is 1. The van der Waals surface area contributed by atoms with Gasteiger partial charge >= 0.3 is 12.1 Å². The molecular formula is C20H24BrClN2O6. The number of hydrogen-bond donors (Lipinski definition) is 0. The van der Waals surface area contributed by atoms with Crippen LogP contribution < -0.4 is 4.90 Å². The maximum absolute atomic E-state index is 13.1. The van der Waals surface area contributed by atoms with Crippen LogP contribution >= 0.6 is 27.5 Å². The Morgan fingerprint density at radius 3 is 2.70 bits per heavy atom. The topological polar surface area (TPSA) is 91.1 Å². The molecule has 2 unspecified atom stereocenters. The number of hydrogen-bond acceptors (Lipinski definition) is 7. The normalized spacial score (nSPS) is 19.0. The number of carbonyl (C=O) groups is 2. The van der Waals surface area contributed by atoms with E-state index >= 15 is 0 Å². The molecule has 3 heterocycles. The van der Waals surface area contributed by atoms with Crippen molar-refractivity contribution in [2.45, 2.75) is 52.2 Å². The fraction of sp³-hybridized carbons (Fsp3) is 0.550. The van der Waals surface area contributed by atoms with E-state index in [4.69, 9.17) is 30.2 Å². The van der Waals surface area contributed by atoms with E-state index in [1.165, 1.54) is 4.90 Å². The number of ether oxygens (including phenoxy) is 3. The standard InChI is InChI=1S/C20H24BrClN2O6/c1-4-12-9-11(7-8-29-12)24(20(26)28-6-3)15-13-10-14(22)23-18(21)16(13)30-17(15)19(25)27-5-2/h10-12H,4-9H2,1-3H3. The van der Waals surface area contributed by atoms with Crippen molar-refractivity contribution in [3.05, 3.63) is 21.6 Å². The summed E-state index contributed by atoms with van der Waals surface area (Å²) < 4.78 is 22.5. The monoisotopic (exact) mass is 502 g/mol. The molecule has 0 spiro atoms. The second-order valence-corrected chi connectivity index (χ2v) is 7.90. The van der Waals surface area contributed by atoms with Crippen molar-refractivity contribution in [3.8, 4) is 0 Å². The van der Waals surface area contributed by atoms with Gasteiger partial charge in [-0.15, -0.1) is 0 Å². The molecular weight excluding hydrogens is 480 g/mol. The first-order chi connectivity index (χ1) is 14.4. The predicted molar refractivity (Wildman–Crippen MR) is 115 cm³/mol. The Hall–Kier alpha value is -1.84. The summed E-state index contributed by atoms with van der Waals surface area (Å²) in [5.74, 6) is -0.774. The summed E-state index contributed by atoms with van der Waals surface area (Å²) in [5.41, 5.74) is 0.569. The lowest BCUT2D eigenvalue weighted by Gasteiger charge is -2.36. The van der Waals surface area contributed by atoms with E-state index in [-0.39, 0.29) is 42.0 Å². The zero-order valence-electron chi connectivity index (χ0n) is 17.1. The highest BCUT2D eigenvalue weighted by Crippen LogP contribution is 2.41. The fourth-order valence-corrected chi connectivity index (χ4v) is 4.37. The summed E-state index contributed by atoms with van der Waals surface area (Å²) in [5, 5.41) is 0.659. The fourth-order valence-electron chi connectivity index (χ4n) is 3.59. The smallest absolute Gasteiger partial charge is 0.414 e. The molecule has 164 valence electrons. The largest absolute Gasteiger partial charge is 0.460 e. The number of furan rings is 1. The first kappa shape index (κ1) is 22.8. The molecule has 0 bridgehead atoms. The number of rotatable bonds is 6. The molecule has 2 atom stereocenters. The van der Waals surface area contributed by atoms with Crippen LogP contribution in [0.15, 0.2) is 15.1 Å². The van der Waals surface area contributed by atoms with Gasteiger partial charge in [-0.2, -0.15) is 0 Å². The van der Waals surface area contributed by atoms with Crippen molar-refractivity contribution in [2.75, 3.05) is 24.7 Å². The molecule has 1 amide bonds. The Bertz CT molecular complexity index is 934. The second kappa shape index (κ2) is 9.98. The molecule has 0 aromatic carbocycles. The van der Waals surface area contributed by atoms with E-state index in [0.717, 1.165) is 6.42 Å². The van der Waals surface area contributed by atoms with Gasteiger partial charge in [0.15, 0.2) is 10.2 Å². The zero-order chi connectivity index (χ0) is 21.8.